The summed E-state index contributed by atoms with van der Waals surface area (Å²) >= 11 is 3.64. The zero-order chi connectivity index (χ0) is 15.7. The van der Waals surface area contributed by atoms with Gasteiger partial charge in [-0.25, -0.2) is 0 Å². The smallest absolute Gasteiger partial charge is 0.0425 e. The molecule has 0 heterocycles. The average Bonchev–Trinajstić information content (AvgIpc) is 2.47. The fourth-order valence-corrected chi connectivity index (χ4v) is 2.97. The molecule has 1 N–H and O–H groups in total. The number of halogens is 1. The maximum atomic E-state index is 3.64. The Morgan fingerprint density at radius 2 is 1.71 bits per heavy atom. The fourth-order valence-electron chi connectivity index (χ4n) is 2.62. The molecule has 120 valence electrons. The second-order valence-corrected chi connectivity index (χ2v) is 6.59. The summed E-state index contributed by atoms with van der Waals surface area (Å²) < 4.78 is 1.17. The highest BCUT2D eigenvalue weighted by Gasteiger charge is 2.15. The SMILES string of the molecule is CCCCN(CCCC)c1cc(Br)ccc1C(C)NCC. The Bertz CT molecular complexity index is 398. The van der Waals surface area contributed by atoms with Crippen molar-refractivity contribution in [3.63, 3.8) is 0 Å². The van der Waals surface area contributed by atoms with Crippen LogP contribution >= 0.6 is 15.9 Å². The van der Waals surface area contributed by atoms with Gasteiger partial charge in [0, 0.05) is 29.3 Å². The molecule has 1 rings (SSSR count). The molecule has 0 aromatic heterocycles. The van der Waals surface area contributed by atoms with Gasteiger partial charge in [-0.1, -0.05) is 55.6 Å². The van der Waals surface area contributed by atoms with E-state index >= 15 is 0 Å². The van der Waals surface area contributed by atoms with Crippen LogP contribution in [0.3, 0.4) is 0 Å². The number of nitrogens with one attached hydrogen (secondary N) is 1. The average molecular weight is 355 g/mol. The molecule has 0 bridgehead atoms. The number of nitrogens with zero attached hydrogens (tertiary/aromatic N) is 1. The van der Waals surface area contributed by atoms with Gasteiger partial charge in [-0.05, 0) is 44.0 Å². The monoisotopic (exact) mass is 354 g/mol. The normalized spacial score (nSPS) is 12.4. The van der Waals surface area contributed by atoms with Gasteiger partial charge in [-0.2, -0.15) is 0 Å². The number of hydrogen-bond acceptors (Lipinski definition) is 2. The predicted octanol–water partition coefficient (Wildman–Crippen LogP) is 5.53. The fraction of sp³-hybridized carbons (Fsp3) is 0.667. The summed E-state index contributed by atoms with van der Waals surface area (Å²) in [5, 5.41) is 3.55. The van der Waals surface area contributed by atoms with Crippen LogP contribution in [0, 0.1) is 0 Å². The number of anilines is 1. The van der Waals surface area contributed by atoms with Gasteiger partial charge in [-0.15, -0.1) is 0 Å². The van der Waals surface area contributed by atoms with E-state index in [1.54, 1.807) is 0 Å². The van der Waals surface area contributed by atoms with Crippen LogP contribution in [0.1, 0.15) is 65.0 Å². The molecule has 1 aromatic carbocycles. The molecule has 21 heavy (non-hydrogen) atoms. The first kappa shape index (κ1) is 18.5. The van der Waals surface area contributed by atoms with Crippen molar-refractivity contribution in [3.05, 3.63) is 28.2 Å². The summed E-state index contributed by atoms with van der Waals surface area (Å²) in [6, 6.07) is 7.10. The van der Waals surface area contributed by atoms with E-state index in [0.29, 0.717) is 6.04 Å². The van der Waals surface area contributed by atoms with E-state index in [9.17, 15) is 0 Å². The maximum Gasteiger partial charge on any atom is 0.0425 e. The van der Waals surface area contributed by atoms with Crippen LogP contribution in [-0.4, -0.2) is 19.6 Å². The minimum Gasteiger partial charge on any atom is -0.371 e. The molecule has 0 aliphatic heterocycles. The third-order valence-electron chi connectivity index (χ3n) is 3.87. The second-order valence-electron chi connectivity index (χ2n) is 5.68. The Labute approximate surface area is 139 Å². The summed E-state index contributed by atoms with van der Waals surface area (Å²) in [6.07, 6.45) is 5.00. The van der Waals surface area contributed by atoms with E-state index in [4.69, 9.17) is 0 Å². The van der Waals surface area contributed by atoms with Gasteiger partial charge in [0.25, 0.3) is 0 Å². The summed E-state index contributed by atoms with van der Waals surface area (Å²) in [5.74, 6) is 0. The van der Waals surface area contributed by atoms with Crippen LogP contribution in [0.25, 0.3) is 0 Å². The first-order valence-electron chi connectivity index (χ1n) is 8.41. The van der Waals surface area contributed by atoms with Crippen molar-refractivity contribution in [2.45, 2.75) is 59.4 Å². The van der Waals surface area contributed by atoms with Crippen molar-refractivity contribution < 1.29 is 0 Å². The lowest BCUT2D eigenvalue weighted by Crippen LogP contribution is -2.28. The van der Waals surface area contributed by atoms with Crippen LogP contribution in [0.5, 0.6) is 0 Å². The van der Waals surface area contributed by atoms with Crippen molar-refractivity contribution in [1.29, 1.82) is 0 Å². The molecular formula is C18H31BrN2. The molecule has 0 amide bonds. The summed E-state index contributed by atoms with van der Waals surface area (Å²) in [5.41, 5.74) is 2.80. The third kappa shape index (κ3) is 5.99. The van der Waals surface area contributed by atoms with E-state index < -0.39 is 0 Å². The van der Waals surface area contributed by atoms with Crippen LogP contribution in [0.15, 0.2) is 22.7 Å². The lowest BCUT2D eigenvalue weighted by molar-refractivity contribution is 0.592. The molecule has 1 aromatic rings. The standard InChI is InChI=1S/C18H31BrN2/c1-5-8-12-21(13-9-6-2)18-14-16(19)10-11-17(18)15(4)20-7-3/h10-11,14-15,20H,5-9,12-13H2,1-4H3. The van der Waals surface area contributed by atoms with E-state index in [1.165, 1.54) is 41.4 Å². The third-order valence-corrected chi connectivity index (χ3v) is 4.37. The zero-order valence-corrected chi connectivity index (χ0v) is 15.7. The molecule has 0 spiro atoms. The van der Waals surface area contributed by atoms with Crippen molar-refractivity contribution >= 4 is 21.6 Å². The summed E-state index contributed by atoms with van der Waals surface area (Å²) in [6.45, 7) is 12.3. The Morgan fingerprint density at radius 3 is 2.24 bits per heavy atom. The van der Waals surface area contributed by atoms with Crippen molar-refractivity contribution in [1.82, 2.24) is 5.32 Å². The zero-order valence-electron chi connectivity index (χ0n) is 14.1. The van der Waals surface area contributed by atoms with Gasteiger partial charge in [0.1, 0.15) is 0 Å². The van der Waals surface area contributed by atoms with Crippen LogP contribution in [0.2, 0.25) is 0 Å². The van der Waals surface area contributed by atoms with Crippen molar-refractivity contribution in [2.24, 2.45) is 0 Å². The minimum atomic E-state index is 0.392. The first-order valence-corrected chi connectivity index (χ1v) is 9.21. The van der Waals surface area contributed by atoms with Gasteiger partial charge < -0.3 is 10.2 Å². The highest BCUT2D eigenvalue weighted by molar-refractivity contribution is 9.10. The Morgan fingerprint density at radius 1 is 1.10 bits per heavy atom. The highest BCUT2D eigenvalue weighted by atomic mass is 79.9. The van der Waals surface area contributed by atoms with Crippen LogP contribution < -0.4 is 10.2 Å². The van der Waals surface area contributed by atoms with Gasteiger partial charge in [0.05, 0.1) is 0 Å². The van der Waals surface area contributed by atoms with E-state index in [1.807, 2.05) is 0 Å². The van der Waals surface area contributed by atoms with Gasteiger partial charge in [-0.3, -0.25) is 0 Å². The van der Waals surface area contributed by atoms with E-state index in [-0.39, 0.29) is 0 Å². The molecular weight excluding hydrogens is 324 g/mol. The minimum absolute atomic E-state index is 0.392. The lowest BCUT2D eigenvalue weighted by atomic mass is 10.0. The van der Waals surface area contributed by atoms with E-state index in [2.05, 4.69) is 72.0 Å². The van der Waals surface area contributed by atoms with Gasteiger partial charge in [0.15, 0.2) is 0 Å². The predicted molar refractivity (Wildman–Crippen MR) is 98.3 cm³/mol. The summed E-state index contributed by atoms with van der Waals surface area (Å²) in [7, 11) is 0. The number of hydrogen-bond donors (Lipinski definition) is 1. The van der Waals surface area contributed by atoms with Crippen molar-refractivity contribution in [3.8, 4) is 0 Å². The lowest BCUT2D eigenvalue weighted by Gasteiger charge is -2.29. The first-order chi connectivity index (χ1) is 10.1. The second kappa shape index (κ2) is 10.2. The quantitative estimate of drug-likeness (QED) is 0.594. The molecule has 2 nitrogen and oxygen atoms in total. The molecule has 0 radical (unpaired) electrons. The maximum absolute atomic E-state index is 3.64. The molecule has 0 saturated heterocycles. The molecule has 1 atom stereocenters. The van der Waals surface area contributed by atoms with E-state index in [0.717, 1.165) is 19.6 Å². The Kier molecular flexibility index (Phi) is 9.02. The number of unbranched alkanes of at least 4 members (excludes halogenated alkanes) is 2. The highest BCUT2D eigenvalue weighted by Crippen LogP contribution is 2.30. The number of benzene rings is 1. The number of rotatable bonds is 10. The largest absolute Gasteiger partial charge is 0.371 e. The molecule has 3 heteroatoms. The van der Waals surface area contributed by atoms with Crippen molar-refractivity contribution in [2.75, 3.05) is 24.5 Å². The molecule has 1 unspecified atom stereocenters. The van der Waals surface area contributed by atoms with Crippen LogP contribution in [0.4, 0.5) is 5.69 Å². The molecule has 0 fully saturated rings. The molecule has 0 aliphatic rings. The summed E-state index contributed by atoms with van der Waals surface area (Å²) in [4.78, 5) is 2.57. The molecule has 0 saturated carbocycles. The topological polar surface area (TPSA) is 15.3 Å². The van der Waals surface area contributed by atoms with Gasteiger partial charge >= 0.3 is 0 Å². The Hall–Kier alpha value is -0.540. The Balaban J connectivity index is 3.04. The van der Waals surface area contributed by atoms with Gasteiger partial charge in [0.2, 0.25) is 0 Å². The van der Waals surface area contributed by atoms with Crippen LogP contribution in [-0.2, 0) is 0 Å². The molecule has 0 aliphatic carbocycles.